The Morgan fingerprint density at radius 2 is 1.58 bits per heavy atom. The van der Waals surface area contributed by atoms with E-state index >= 15 is 0 Å². The molecule has 0 atom stereocenters. The molecule has 0 saturated heterocycles. The van der Waals surface area contributed by atoms with Crippen LogP contribution >= 0.6 is 0 Å². The SMILES string of the molecule is Cc1ccc(NC(=O)CS(=O)(=O)CC(=O)N(C)Cc2ccccc2)cc1. The second-order valence-corrected chi connectivity index (χ2v) is 8.25. The molecular formula is C19H22N2O4S. The monoisotopic (exact) mass is 374 g/mol. The molecule has 0 spiro atoms. The van der Waals surface area contributed by atoms with E-state index in [2.05, 4.69) is 5.32 Å². The molecular weight excluding hydrogens is 352 g/mol. The highest BCUT2D eigenvalue weighted by Gasteiger charge is 2.23. The summed E-state index contributed by atoms with van der Waals surface area (Å²) in [6.45, 7) is 2.22. The summed E-state index contributed by atoms with van der Waals surface area (Å²) in [5.74, 6) is -2.63. The second-order valence-electron chi connectivity index (χ2n) is 6.18. The van der Waals surface area contributed by atoms with Gasteiger partial charge < -0.3 is 10.2 Å². The predicted molar refractivity (Wildman–Crippen MR) is 101 cm³/mol. The first-order chi connectivity index (χ1) is 12.2. The topological polar surface area (TPSA) is 83.5 Å². The highest BCUT2D eigenvalue weighted by atomic mass is 32.2. The van der Waals surface area contributed by atoms with Crippen molar-refractivity contribution in [3.05, 3.63) is 65.7 Å². The molecule has 1 N–H and O–H groups in total. The minimum absolute atomic E-state index is 0.310. The molecule has 2 aromatic carbocycles. The van der Waals surface area contributed by atoms with E-state index in [-0.39, 0.29) is 0 Å². The molecule has 2 aromatic rings. The zero-order valence-electron chi connectivity index (χ0n) is 14.8. The first-order valence-corrected chi connectivity index (χ1v) is 9.92. The standard InChI is InChI=1S/C19H22N2O4S/c1-15-8-10-17(11-9-15)20-18(22)13-26(24,25)14-19(23)21(2)12-16-6-4-3-5-7-16/h3-11H,12-14H2,1-2H3,(H,20,22). The van der Waals surface area contributed by atoms with E-state index in [4.69, 9.17) is 0 Å². The van der Waals surface area contributed by atoms with Gasteiger partial charge in [0.2, 0.25) is 11.8 Å². The summed E-state index contributed by atoms with van der Waals surface area (Å²) in [4.78, 5) is 25.4. The first-order valence-electron chi connectivity index (χ1n) is 8.10. The lowest BCUT2D eigenvalue weighted by molar-refractivity contribution is -0.127. The summed E-state index contributed by atoms with van der Waals surface area (Å²) < 4.78 is 24.3. The molecule has 0 aromatic heterocycles. The maximum atomic E-state index is 12.2. The number of amides is 2. The average molecular weight is 374 g/mol. The Morgan fingerprint density at radius 1 is 0.962 bits per heavy atom. The van der Waals surface area contributed by atoms with Crippen LogP contribution in [0.5, 0.6) is 0 Å². The molecule has 0 aliphatic carbocycles. The van der Waals surface area contributed by atoms with Crippen molar-refractivity contribution >= 4 is 27.3 Å². The number of sulfone groups is 1. The largest absolute Gasteiger partial charge is 0.341 e. The molecule has 0 radical (unpaired) electrons. The van der Waals surface area contributed by atoms with Gasteiger partial charge in [-0.2, -0.15) is 0 Å². The molecule has 2 amide bonds. The number of aryl methyl sites for hydroxylation is 1. The minimum atomic E-state index is -3.85. The molecule has 0 unspecified atom stereocenters. The predicted octanol–water partition coefficient (Wildman–Crippen LogP) is 2.01. The smallest absolute Gasteiger partial charge is 0.239 e. The molecule has 0 aliphatic heterocycles. The first kappa shape index (κ1) is 19.7. The van der Waals surface area contributed by atoms with Crippen molar-refractivity contribution in [1.82, 2.24) is 4.90 Å². The molecule has 138 valence electrons. The number of hydrogen-bond donors (Lipinski definition) is 1. The van der Waals surface area contributed by atoms with Crippen molar-refractivity contribution in [2.24, 2.45) is 0 Å². The Kier molecular flexibility index (Phi) is 6.52. The van der Waals surface area contributed by atoms with Gasteiger partial charge in [-0.1, -0.05) is 48.0 Å². The van der Waals surface area contributed by atoms with Gasteiger partial charge >= 0.3 is 0 Å². The number of carbonyl (C=O) groups is 2. The van der Waals surface area contributed by atoms with E-state index in [1.165, 1.54) is 11.9 Å². The van der Waals surface area contributed by atoms with Crippen LogP contribution in [0.25, 0.3) is 0 Å². The molecule has 0 saturated carbocycles. The van der Waals surface area contributed by atoms with Crippen molar-refractivity contribution in [1.29, 1.82) is 0 Å². The Morgan fingerprint density at radius 3 is 2.19 bits per heavy atom. The number of hydrogen-bond acceptors (Lipinski definition) is 4. The van der Waals surface area contributed by atoms with Crippen LogP contribution in [0, 0.1) is 6.92 Å². The van der Waals surface area contributed by atoms with Gasteiger partial charge in [-0.25, -0.2) is 8.42 Å². The second kappa shape index (κ2) is 8.62. The van der Waals surface area contributed by atoms with Gasteiger partial charge in [0.15, 0.2) is 9.84 Å². The van der Waals surface area contributed by atoms with Gasteiger partial charge in [0, 0.05) is 19.3 Å². The van der Waals surface area contributed by atoms with Gasteiger partial charge in [-0.3, -0.25) is 9.59 Å². The molecule has 0 aliphatic rings. The minimum Gasteiger partial charge on any atom is -0.341 e. The van der Waals surface area contributed by atoms with Crippen LogP contribution in [0.15, 0.2) is 54.6 Å². The lowest BCUT2D eigenvalue weighted by Crippen LogP contribution is -2.35. The van der Waals surface area contributed by atoms with Crippen LogP contribution in [0.1, 0.15) is 11.1 Å². The van der Waals surface area contributed by atoms with Gasteiger partial charge in [-0.15, -0.1) is 0 Å². The van der Waals surface area contributed by atoms with Crippen molar-refractivity contribution in [2.45, 2.75) is 13.5 Å². The summed E-state index contributed by atoms with van der Waals surface area (Å²) in [6, 6.07) is 16.3. The van der Waals surface area contributed by atoms with Crippen molar-refractivity contribution in [3.63, 3.8) is 0 Å². The Bertz CT molecular complexity index is 862. The third-order valence-electron chi connectivity index (χ3n) is 3.72. The van der Waals surface area contributed by atoms with Crippen molar-refractivity contribution < 1.29 is 18.0 Å². The number of carbonyl (C=O) groups excluding carboxylic acids is 2. The van der Waals surface area contributed by atoms with Gasteiger partial charge in [0.05, 0.1) is 0 Å². The Hall–Kier alpha value is -2.67. The van der Waals surface area contributed by atoms with E-state index in [0.29, 0.717) is 12.2 Å². The quantitative estimate of drug-likeness (QED) is 0.804. The lowest BCUT2D eigenvalue weighted by Gasteiger charge is -2.17. The highest BCUT2D eigenvalue weighted by molar-refractivity contribution is 7.92. The van der Waals surface area contributed by atoms with E-state index in [1.54, 1.807) is 12.1 Å². The fourth-order valence-corrected chi connectivity index (χ4v) is 3.50. The van der Waals surface area contributed by atoms with Crippen molar-refractivity contribution in [2.75, 3.05) is 23.9 Å². The number of benzene rings is 2. The highest BCUT2D eigenvalue weighted by Crippen LogP contribution is 2.09. The lowest BCUT2D eigenvalue weighted by atomic mass is 10.2. The maximum Gasteiger partial charge on any atom is 0.239 e. The van der Waals surface area contributed by atoms with Crippen LogP contribution in [-0.4, -0.2) is 43.7 Å². The van der Waals surface area contributed by atoms with Gasteiger partial charge in [-0.05, 0) is 24.6 Å². The number of rotatable bonds is 7. The summed E-state index contributed by atoms with van der Waals surface area (Å²) >= 11 is 0. The van der Waals surface area contributed by atoms with Crippen LogP contribution in [-0.2, 0) is 26.0 Å². The molecule has 26 heavy (non-hydrogen) atoms. The molecule has 0 bridgehead atoms. The Balaban J connectivity index is 1.89. The summed E-state index contributed by atoms with van der Waals surface area (Å²) in [5.41, 5.74) is 2.45. The van der Waals surface area contributed by atoms with Crippen LogP contribution in [0.2, 0.25) is 0 Å². The third-order valence-corrected chi connectivity index (χ3v) is 5.11. The van der Waals surface area contributed by atoms with Crippen molar-refractivity contribution in [3.8, 4) is 0 Å². The van der Waals surface area contributed by atoms with Crippen LogP contribution in [0.3, 0.4) is 0 Å². The molecule has 0 heterocycles. The van der Waals surface area contributed by atoms with E-state index < -0.39 is 33.2 Å². The maximum absolute atomic E-state index is 12.2. The van der Waals surface area contributed by atoms with Crippen LogP contribution in [0.4, 0.5) is 5.69 Å². The summed E-state index contributed by atoms with van der Waals surface area (Å²) in [7, 11) is -2.31. The molecule has 2 rings (SSSR count). The molecule has 6 nitrogen and oxygen atoms in total. The average Bonchev–Trinajstić information content (AvgIpc) is 2.56. The molecule has 7 heteroatoms. The molecule has 0 fully saturated rings. The number of anilines is 1. The van der Waals surface area contributed by atoms with Crippen LogP contribution < -0.4 is 5.32 Å². The Labute approximate surface area is 153 Å². The number of nitrogens with one attached hydrogen (secondary N) is 1. The van der Waals surface area contributed by atoms with Gasteiger partial charge in [0.1, 0.15) is 11.5 Å². The summed E-state index contributed by atoms with van der Waals surface area (Å²) in [5, 5.41) is 2.52. The number of nitrogens with zero attached hydrogens (tertiary/aromatic N) is 1. The van der Waals surface area contributed by atoms with Gasteiger partial charge in [0.25, 0.3) is 0 Å². The fourth-order valence-electron chi connectivity index (χ4n) is 2.33. The zero-order valence-corrected chi connectivity index (χ0v) is 15.6. The van der Waals surface area contributed by atoms with E-state index in [0.717, 1.165) is 11.1 Å². The fraction of sp³-hybridized carbons (Fsp3) is 0.263. The van der Waals surface area contributed by atoms with E-state index in [1.807, 2.05) is 49.4 Å². The third kappa shape index (κ3) is 6.33. The zero-order chi connectivity index (χ0) is 19.2. The van der Waals surface area contributed by atoms with E-state index in [9.17, 15) is 18.0 Å². The summed E-state index contributed by atoms with van der Waals surface area (Å²) in [6.07, 6.45) is 0. The normalized spacial score (nSPS) is 11.0.